The third kappa shape index (κ3) is 2.16. The van der Waals surface area contributed by atoms with Crippen LogP contribution in [0.2, 0.25) is 10.0 Å². The number of halogens is 2. The molecule has 5 heteroatoms. The molecule has 0 spiro atoms. The van der Waals surface area contributed by atoms with E-state index in [9.17, 15) is 9.59 Å². The van der Waals surface area contributed by atoms with Crippen LogP contribution in [0.25, 0.3) is 0 Å². The number of carbonyl (C=O) groups excluding carboxylic acids is 2. The highest BCUT2D eigenvalue weighted by molar-refractivity contribution is 6.35. The minimum Gasteiger partial charge on any atom is -0.269 e. The van der Waals surface area contributed by atoms with Crippen molar-refractivity contribution in [2.24, 2.45) is 0 Å². The van der Waals surface area contributed by atoms with Gasteiger partial charge in [-0.05, 0) is 31.5 Å². The van der Waals surface area contributed by atoms with E-state index in [0.29, 0.717) is 21.2 Å². The van der Waals surface area contributed by atoms with Crippen LogP contribution in [0.15, 0.2) is 29.8 Å². The maximum absolute atomic E-state index is 11.9. The van der Waals surface area contributed by atoms with Crippen molar-refractivity contribution in [3.63, 3.8) is 0 Å². The molecule has 1 aliphatic rings. The highest BCUT2D eigenvalue weighted by Crippen LogP contribution is 2.32. The molecule has 3 nitrogen and oxygen atoms in total. The first-order valence-corrected chi connectivity index (χ1v) is 6.18. The van der Waals surface area contributed by atoms with Crippen LogP contribution in [0, 0.1) is 0 Å². The molecule has 1 atom stereocenters. The van der Waals surface area contributed by atoms with Crippen LogP contribution in [0.4, 0.5) is 0 Å². The van der Waals surface area contributed by atoms with Gasteiger partial charge in [0.25, 0.3) is 11.8 Å². The largest absolute Gasteiger partial charge is 0.269 e. The fourth-order valence-electron chi connectivity index (χ4n) is 1.95. The van der Waals surface area contributed by atoms with E-state index in [-0.39, 0.29) is 11.8 Å². The van der Waals surface area contributed by atoms with E-state index in [1.165, 1.54) is 11.0 Å². The second kappa shape index (κ2) is 4.75. The normalized spacial score (nSPS) is 17.1. The van der Waals surface area contributed by atoms with E-state index in [0.717, 1.165) is 0 Å². The molecule has 1 aromatic carbocycles. The zero-order chi connectivity index (χ0) is 13.4. The summed E-state index contributed by atoms with van der Waals surface area (Å²) < 4.78 is 0. The van der Waals surface area contributed by atoms with Gasteiger partial charge in [-0.3, -0.25) is 14.5 Å². The molecular weight excluding hydrogens is 273 g/mol. The van der Waals surface area contributed by atoms with Crippen LogP contribution in [-0.4, -0.2) is 16.7 Å². The quantitative estimate of drug-likeness (QED) is 0.781. The molecule has 0 fully saturated rings. The van der Waals surface area contributed by atoms with Gasteiger partial charge in [0.05, 0.1) is 6.04 Å². The molecule has 0 saturated heterocycles. The van der Waals surface area contributed by atoms with Gasteiger partial charge in [-0.1, -0.05) is 29.3 Å². The molecule has 0 saturated carbocycles. The molecule has 0 bridgehead atoms. The van der Waals surface area contributed by atoms with Gasteiger partial charge in [-0.25, -0.2) is 0 Å². The van der Waals surface area contributed by atoms with Crippen molar-refractivity contribution < 1.29 is 9.59 Å². The maximum atomic E-state index is 11.9. The number of carbonyl (C=O) groups is 2. The van der Waals surface area contributed by atoms with Gasteiger partial charge in [0, 0.05) is 21.7 Å². The van der Waals surface area contributed by atoms with Crippen molar-refractivity contribution in [3.8, 4) is 0 Å². The van der Waals surface area contributed by atoms with Gasteiger partial charge >= 0.3 is 0 Å². The van der Waals surface area contributed by atoms with Crippen LogP contribution in [0.3, 0.4) is 0 Å². The summed E-state index contributed by atoms with van der Waals surface area (Å²) in [5, 5.41) is 0.962. The first-order valence-electron chi connectivity index (χ1n) is 5.42. The fourth-order valence-corrected chi connectivity index (χ4v) is 2.52. The first kappa shape index (κ1) is 13.1. The van der Waals surface area contributed by atoms with Crippen LogP contribution in [-0.2, 0) is 9.59 Å². The minimum absolute atomic E-state index is 0.279. The Morgan fingerprint density at radius 2 is 1.89 bits per heavy atom. The second-order valence-electron chi connectivity index (χ2n) is 4.18. The molecule has 0 radical (unpaired) electrons. The smallest absolute Gasteiger partial charge is 0.257 e. The highest BCUT2D eigenvalue weighted by atomic mass is 35.5. The Bertz CT molecular complexity index is 566. The Kier molecular flexibility index (Phi) is 3.46. The van der Waals surface area contributed by atoms with E-state index >= 15 is 0 Å². The summed E-state index contributed by atoms with van der Waals surface area (Å²) in [6, 6.07) is 4.59. The number of nitrogens with zero attached hydrogens (tertiary/aromatic N) is 1. The maximum Gasteiger partial charge on any atom is 0.257 e. The zero-order valence-electron chi connectivity index (χ0n) is 9.91. The van der Waals surface area contributed by atoms with Crippen LogP contribution in [0.1, 0.15) is 25.5 Å². The Morgan fingerprint density at radius 1 is 1.22 bits per heavy atom. The van der Waals surface area contributed by atoms with Gasteiger partial charge in [0.1, 0.15) is 0 Å². The molecular formula is C13H11Cl2NO2. The molecule has 0 aliphatic carbocycles. The number of hydrogen-bond acceptors (Lipinski definition) is 2. The van der Waals surface area contributed by atoms with Crippen molar-refractivity contribution in [2.75, 3.05) is 0 Å². The zero-order valence-corrected chi connectivity index (χ0v) is 11.4. The molecule has 1 aliphatic heterocycles. The molecule has 18 heavy (non-hydrogen) atoms. The third-order valence-corrected chi connectivity index (χ3v) is 3.50. The van der Waals surface area contributed by atoms with Crippen LogP contribution >= 0.6 is 23.2 Å². The Balaban J connectivity index is 2.35. The predicted octanol–water partition coefficient (Wildman–Crippen LogP) is 3.37. The molecule has 0 aromatic heterocycles. The molecule has 1 aromatic rings. The van der Waals surface area contributed by atoms with Crippen LogP contribution < -0.4 is 0 Å². The topological polar surface area (TPSA) is 37.4 Å². The van der Waals surface area contributed by atoms with Gasteiger partial charge < -0.3 is 0 Å². The number of hydrogen-bond donors (Lipinski definition) is 0. The molecule has 0 N–H and O–H groups in total. The summed E-state index contributed by atoms with van der Waals surface area (Å²) in [6.07, 6.45) is 1.34. The summed E-state index contributed by atoms with van der Waals surface area (Å²) in [7, 11) is 0. The SMILES string of the molecule is CC1=CC(=O)N(C(C)c2ccc(Cl)cc2Cl)C1=O. The van der Waals surface area contributed by atoms with Gasteiger partial charge in [-0.2, -0.15) is 0 Å². The average molecular weight is 284 g/mol. The lowest BCUT2D eigenvalue weighted by Crippen LogP contribution is -2.33. The minimum atomic E-state index is -0.413. The van der Waals surface area contributed by atoms with E-state index in [1.807, 2.05) is 0 Å². The van der Waals surface area contributed by atoms with Crippen molar-refractivity contribution >= 4 is 35.0 Å². The van der Waals surface area contributed by atoms with Gasteiger partial charge in [0.2, 0.25) is 0 Å². The predicted molar refractivity (Wildman–Crippen MR) is 70.5 cm³/mol. The summed E-state index contributed by atoms with van der Waals surface area (Å²) in [5.74, 6) is -0.588. The second-order valence-corrected chi connectivity index (χ2v) is 5.03. The molecule has 2 rings (SSSR count). The highest BCUT2D eigenvalue weighted by Gasteiger charge is 2.33. The van der Waals surface area contributed by atoms with E-state index < -0.39 is 6.04 Å². The Labute approximate surface area is 115 Å². The summed E-state index contributed by atoms with van der Waals surface area (Å²) in [6.45, 7) is 3.38. The van der Waals surface area contributed by atoms with Crippen LogP contribution in [0.5, 0.6) is 0 Å². The first-order chi connectivity index (χ1) is 8.41. The Hall–Kier alpha value is -1.32. The number of rotatable bonds is 2. The average Bonchev–Trinajstić information content (AvgIpc) is 2.52. The van der Waals surface area contributed by atoms with Crippen molar-refractivity contribution in [1.29, 1.82) is 0 Å². The summed E-state index contributed by atoms with van der Waals surface area (Å²) >= 11 is 11.9. The summed E-state index contributed by atoms with van der Waals surface area (Å²) in [5.41, 5.74) is 1.14. The van der Waals surface area contributed by atoms with Crippen molar-refractivity contribution in [3.05, 3.63) is 45.5 Å². The monoisotopic (exact) mass is 283 g/mol. The lowest BCUT2D eigenvalue weighted by Gasteiger charge is -2.24. The molecule has 1 heterocycles. The standard InChI is InChI=1S/C13H11Cl2NO2/c1-7-5-12(17)16(13(7)18)8(2)10-4-3-9(14)6-11(10)15/h3-6,8H,1-2H3. The van der Waals surface area contributed by atoms with Crippen molar-refractivity contribution in [2.45, 2.75) is 19.9 Å². The molecule has 1 unspecified atom stereocenters. The Morgan fingerprint density at radius 3 is 2.39 bits per heavy atom. The number of benzene rings is 1. The van der Waals surface area contributed by atoms with Crippen molar-refractivity contribution in [1.82, 2.24) is 4.90 Å². The van der Waals surface area contributed by atoms with Gasteiger partial charge in [0.15, 0.2) is 0 Å². The van der Waals surface area contributed by atoms with E-state index in [1.54, 1.807) is 32.0 Å². The number of imide groups is 1. The molecule has 94 valence electrons. The van der Waals surface area contributed by atoms with E-state index in [4.69, 9.17) is 23.2 Å². The summed E-state index contributed by atoms with van der Waals surface area (Å²) in [4.78, 5) is 24.8. The molecule has 2 amide bonds. The van der Waals surface area contributed by atoms with E-state index in [2.05, 4.69) is 0 Å². The van der Waals surface area contributed by atoms with Gasteiger partial charge in [-0.15, -0.1) is 0 Å². The fraction of sp³-hybridized carbons (Fsp3) is 0.231. The lowest BCUT2D eigenvalue weighted by atomic mass is 10.1. The third-order valence-electron chi connectivity index (χ3n) is 2.93. The number of amides is 2. The lowest BCUT2D eigenvalue weighted by molar-refractivity contribution is -0.139.